The topological polar surface area (TPSA) is 74.0 Å². The average Bonchev–Trinajstić information content (AvgIpc) is 3.23. The molecular weight excluding hydrogens is 411 g/mol. The molecule has 2 aliphatic heterocycles. The zero-order valence-corrected chi connectivity index (χ0v) is 19.3. The summed E-state index contributed by atoms with van der Waals surface area (Å²) in [5.41, 5.74) is 3.19. The number of imide groups is 1. The van der Waals surface area contributed by atoms with Gasteiger partial charge in [0, 0.05) is 24.8 Å². The van der Waals surface area contributed by atoms with Crippen LogP contribution in [0.2, 0.25) is 0 Å². The van der Waals surface area contributed by atoms with Gasteiger partial charge in [-0.3, -0.25) is 9.69 Å². The molecule has 170 valence electrons. The highest BCUT2D eigenvalue weighted by Crippen LogP contribution is 2.31. The molecule has 1 aromatic heterocycles. The van der Waals surface area contributed by atoms with E-state index in [2.05, 4.69) is 18.9 Å². The number of fused-ring (bicyclic) bond motifs is 1. The van der Waals surface area contributed by atoms with Crippen LogP contribution in [0.4, 0.5) is 9.18 Å². The second-order valence-corrected chi connectivity index (χ2v) is 8.95. The minimum Gasteiger partial charge on any atom is -0.325 e. The summed E-state index contributed by atoms with van der Waals surface area (Å²) >= 11 is 0. The van der Waals surface area contributed by atoms with E-state index in [1.807, 2.05) is 25.7 Å². The van der Waals surface area contributed by atoms with Crippen LogP contribution in [0.15, 0.2) is 29.3 Å². The van der Waals surface area contributed by atoms with Crippen LogP contribution in [0.3, 0.4) is 0 Å². The Hall–Kier alpha value is -3.23. The maximum atomic E-state index is 14.3. The van der Waals surface area contributed by atoms with Crippen molar-refractivity contribution in [1.82, 2.24) is 24.5 Å². The van der Waals surface area contributed by atoms with E-state index < -0.39 is 24.1 Å². The highest BCUT2D eigenvalue weighted by Gasteiger charge is 2.52. The lowest BCUT2D eigenvalue weighted by atomic mass is 10.1. The molecule has 3 amide bonds. The molecule has 2 atom stereocenters. The van der Waals surface area contributed by atoms with E-state index in [9.17, 15) is 14.0 Å². The minimum absolute atomic E-state index is 0.123. The molecule has 3 heterocycles. The standard InChI is InChI=1S/C23H29FN6O2/c1-13(2)11-28-19-20(25-22(28)30-16(5)14(3)15(4)26-30)27(6)23(32)29(21(19)31)12-17-9-7-8-10-18(17)24/h7-10,13,19-20H,11-12H2,1-6H3. The van der Waals surface area contributed by atoms with E-state index in [0.29, 0.717) is 18.1 Å². The number of hydrogen-bond donors (Lipinski definition) is 0. The van der Waals surface area contributed by atoms with Crippen LogP contribution < -0.4 is 0 Å². The van der Waals surface area contributed by atoms with Gasteiger partial charge in [-0.2, -0.15) is 5.10 Å². The SMILES string of the molecule is Cc1nn(C2=NC3C(C(=O)N(Cc4ccccc4F)C(=O)N3C)N2CC(C)C)c(C)c1C. The number of rotatable bonds is 4. The molecule has 0 spiro atoms. The molecule has 8 nitrogen and oxygen atoms in total. The van der Waals surface area contributed by atoms with E-state index in [1.165, 1.54) is 11.0 Å². The molecule has 1 aromatic carbocycles. The zero-order chi connectivity index (χ0) is 23.3. The number of carbonyl (C=O) groups excluding carboxylic acids is 2. The number of benzene rings is 1. The summed E-state index contributed by atoms with van der Waals surface area (Å²) in [7, 11) is 1.63. The first-order valence-electron chi connectivity index (χ1n) is 10.8. The largest absolute Gasteiger partial charge is 0.328 e. The molecule has 0 aliphatic carbocycles. The first-order valence-corrected chi connectivity index (χ1v) is 10.8. The Bertz CT molecular complexity index is 1110. The summed E-state index contributed by atoms with van der Waals surface area (Å²) in [6.07, 6.45) is -0.662. The molecule has 9 heteroatoms. The van der Waals surface area contributed by atoms with Crippen LogP contribution in [-0.4, -0.2) is 68.2 Å². The van der Waals surface area contributed by atoms with Gasteiger partial charge in [-0.05, 0) is 38.3 Å². The summed E-state index contributed by atoms with van der Waals surface area (Å²) in [5.74, 6) is -0.0201. The molecule has 32 heavy (non-hydrogen) atoms. The Morgan fingerprint density at radius 1 is 1.12 bits per heavy atom. The fourth-order valence-electron chi connectivity index (χ4n) is 4.29. The van der Waals surface area contributed by atoms with E-state index in [1.54, 1.807) is 29.9 Å². The van der Waals surface area contributed by atoms with Crippen molar-refractivity contribution >= 4 is 17.9 Å². The zero-order valence-electron chi connectivity index (χ0n) is 19.3. The second kappa shape index (κ2) is 8.03. The molecule has 0 N–H and O–H groups in total. The lowest BCUT2D eigenvalue weighted by Crippen LogP contribution is -2.65. The Labute approximate surface area is 187 Å². The second-order valence-electron chi connectivity index (χ2n) is 8.95. The molecule has 2 unspecified atom stereocenters. The van der Waals surface area contributed by atoms with Crippen LogP contribution in [0.5, 0.6) is 0 Å². The quantitative estimate of drug-likeness (QED) is 0.733. The van der Waals surface area contributed by atoms with Crippen molar-refractivity contribution in [2.45, 2.75) is 53.4 Å². The molecular formula is C23H29FN6O2. The molecule has 1 saturated heterocycles. The van der Waals surface area contributed by atoms with Gasteiger partial charge in [0.05, 0.1) is 12.2 Å². The highest BCUT2D eigenvalue weighted by atomic mass is 19.1. The van der Waals surface area contributed by atoms with Gasteiger partial charge in [0.1, 0.15) is 5.82 Å². The van der Waals surface area contributed by atoms with Crippen LogP contribution >= 0.6 is 0 Å². The Kier molecular flexibility index (Phi) is 5.52. The lowest BCUT2D eigenvalue weighted by molar-refractivity contribution is -0.138. The molecule has 0 saturated carbocycles. The van der Waals surface area contributed by atoms with Gasteiger partial charge in [0.2, 0.25) is 5.96 Å². The number of halogens is 1. The van der Waals surface area contributed by atoms with Gasteiger partial charge in [-0.25, -0.2) is 18.9 Å². The fraction of sp³-hybridized carbons (Fsp3) is 0.478. The third kappa shape index (κ3) is 3.45. The molecule has 1 fully saturated rings. The lowest BCUT2D eigenvalue weighted by Gasteiger charge is -2.41. The van der Waals surface area contributed by atoms with Crippen molar-refractivity contribution in [2.24, 2.45) is 10.9 Å². The number of hydrogen-bond acceptors (Lipinski definition) is 5. The van der Waals surface area contributed by atoms with Crippen LogP contribution in [0.25, 0.3) is 0 Å². The van der Waals surface area contributed by atoms with Gasteiger partial charge in [-0.15, -0.1) is 0 Å². The fourth-order valence-corrected chi connectivity index (χ4v) is 4.29. The van der Waals surface area contributed by atoms with Crippen molar-refractivity contribution in [2.75, 3.05) is 13.6 Å². The number of likely N-dealkylation sites (N-methyl/N-ethyl adjacent to an activating group) is 1. The number of carbonyl (C=O) groups is 2. The number of aromatic nitrogens is 2. The Morgan fingerprint density at radius 3 is 2.41 bits per heavy atom. The summed E-state index contributed by atoms with van der Waals surface area (Å²) in [6.45, 7) is 10.5. The van der Waals surface area contributed by atoms with Gasteiger partial charge in [0.15, 0.2) is 12.2 Å². The van der Waals surface area contributed by atoms with Crippen molar-refractivity contribution in [3.8, 4) is 0 Å². The van der Waals surface area contributed by atoms with Gasteiger partial charge < -0.3 is 9.80 Å². The first kappa shape index (κ1) is 22.0. The molecule has 0 bridgehead atoms. The highest BCUT2D eigenvalue weighted by molar-refractivity contribution is 6.04. The summed E-state index contributed by atoms with van der Waals surface area (Å²) in [5, 5.41) is 4.64. The number of urea groups is 1. The van der Waals surface area contributed by atoms with Crippen LogP contribution in [0, 0.1) is 32.5 Å². The monoisotopic (exact) mass is 440 g/mol. The smallest absolute Gasteiger partial charge is 0.325 e. The normalized spacial score (nSPS) is 21.0. The number of aliphatic imine (C=N–C) groups is 1. The van der Waals surface area contributed by atoms with E-state index in [-0.39, 0.29) is 18.4 Å². The minimum atomic E-state index is -0.689. The molecule has 0 radical (unpaired) electrons. The molecule has 2 aliphatic rings. The number of nitrogens with zero attached hydrogens (tertiary/aromatic N) is 6. The molecule has 2 aromatic rings. The van der Waals surface area contributed by atoms with Crippen molar-refractivity contribution in [1.29, 1.82) is 0 Å². The number of amides is 3. The van der Waals surface area contributed by atoms with Crippen molar-refractivity contribution in [3.05, 3.63) is 52.6 Å². The Morgan fingerprint density at radius 2 is 1.81 bits per heavy atom. The summed E-state index contributed by atoms with van der Waals surface area (Å²) in [6, 6.07) is 5.01. The third-order valence-electron chi connectivity index (χ3n) is 6.26. The van der Waals surface area contributed by atoms with Gasteiger partial charge in [-0.1, -0.05) is 32.0 Å². The third-order valence-corrected chi connectivity index (χ3v) is 6.26. The van der Waals surface area contributed by atoms with E-state index in [4.69, 9.17) is 4.99 Å². The van der Waals surface area contributed by atoms with E-state index in [0.717, 1.165) is 21.9 Å². The van der Waals surface area contributed by atoms with Gasteiger partial charge >= 0.3 is 6.03 Å². The van der Waals surface area contributed by atoms with Gasteiger partial charge in [0.25, 0.3) is 5.91 Å². The van der Waals surface area contributed by atoms with Crippen molar-refractivity contribution in [3.63, 3.8) is 0 Å². The predicted molar refractivity (Wildman–Crippen MR) is 119 cm³/mol. The average molecular weight is 441 g/mol. The number of aryl methyl sites for hydroxylation is 1. The first-order chi connectivity index (χ1) is 15.1. The summed E-state index contributed by atoms with van der Waals surface area (Å²) in [4.78, 5) is 36.0. The van der Waals surface area contributed by atoms with Crippen LogP contribution in [-0.2, 0) is 11.3 Å². The van der Waals surface area contributed by atoms with E-state index >= 15 is 0 Å². The maximum absolute atomic E-state index is 14.3. The Balaban J connectivity index is 1.75. The predicted octanol–water partition coefficient (Wildman–Crippen LogP) is 2.91. The van der Waals surface area contributed by atoms with Crippen LogP contribution in [0.1, 0.15) is 36.4 Å². The van der Waals surface area contributed by atoms with Crippen molar-refractivity contribution < 1.29 is 14.0 Å². The molecule has 4 rings (SSSR count). The maximum Gasteiger partial charge on any atom is 0.328 e. The summed E-state index contributed by atoms with van der Waals surface area (Å²) < 4.78 is 16.0.